The van der Waals surface area contributed by atoms with E-state index < -0.39 is 5.82 Å². The van der Waals surface area contributed by atoms with Crippen LogP contribution in [0.1, 0.15) is 5.56 Å². The van der Waals surface area contributed by atoms with Crippen LogP contribution in [0.2, 0.25) is 5.02 Å². The van der Waals surface area contributed by atoms with Crippen LogP contribution in [0.4, 0.5) is 4.39 Å². The lowest BCUT2D eigenvalue weighted by molar-refractivity contribution is 0.620. The van der Waals surface area contributed by atoms with Gasteiger partial charge in [0.1, 0.15) is 5.82 Å². The van der Waals surface area contributed by atoms with Crippen LogP contribution in [-0.2, 0) is 6.54 Å². The van der Waals surface area contributed by atoms with Gasteiger partial charge in [0.2, 0.25) is 4.77 Å². The molecule has 0 unspecified atom stereocenters. The molecule has 0 aliphatic carbocycles. The van der Waals surface area contributed by atoms with Crippen molar-refractivity contribution >= 4 is 23.8 Å². The van der Waals surface area contributed by atoms with Gasteiger partial charge in [0.05, 0.1) is 11.6 Å². The van der Waals surface area contributed by atoms with Crippen LogP contribution in [0.25, 0.3) is 0 Å². The van der Waals surface area contributed by atoms with Gasteiger partial charge in [0, 0.05) is 0 Å². The summed E-state index contributed by atoms with van der Waals surface area (Å²) in [5.41, 5.74) is 0.823. The van der Waals surface area contributed by atoms with Gasteiger partial charge < -0.3 is 0 Å². The maximum absolute atomic E-state index is 12.9. The molecule has 1 heterocycles. The van der Waals surface area contributed by atoms with Gasteiger partial charge in [-0.3, -0.25) is 0 Å². The number of H-pyrrole nitrogens is 1. The first-order chi connectivity index (χ1) is 7.16. The summed E-state index contributed by atoms with van der Waals surface area (Å²) in [6.07, 6.45) is 0. The average molecular weight is 245 g/mol. The molecule has 2 aromatic rings. The van der Waals surface area contributed by atoms with Crippen LogP contribution in [-0.4, -0.2) is 20.2 Å². The van der Waals surface area contributed by atoms with Crippen molar-refractivity contribution in [2.75, 3.05) is 0 Å². The van der Waals surface area contributed by atoms with Crippen molar-refractivity contribution in [2.24, 2.45) is 0 Å². The Morgan fingerprint density at radius 3 is 2.93 bits per heavy atom. The zero-order valence-electron chi connectivity index (χ0n) is 7.44. The third-order valence-electron chi connectivity index (χ3n) is 1.86. The molecule has 1 N–H and O–H groups in total. The number of hydrogen-bond donors (Lipinski definition) is 1. The van der Waals surface area contributed by atoms with Gasteiger partial charge in [0.25, 0.3) is 0 Å². The highest BCUT2D eigenvalue weighted by Gasteiger charge is 2.02. The first kappa shape index (κ1) is 10.3. The molecule has 1 aromatic carbocycles. The van der Waals surface area contributed by atoms with E-state index in [0.717, 1.165) is 5.56 Å². The molecule has 0 atom stereocenters. The molecule has 0 fully saturated rings. The quantitative estimate of drug-likeness (QED) is 0.824. The first-order valence-corrected chi connectivity index (χ1v) is 4.87. The molecule has 15 heavy (non-hydrogen) atoms. The molecule has 0 radical (unpaired) electrons. The fourth-order valence-electron chi connectivity index (χ4n) is 1.14. The van der Waals surface area contributed by atoms with E-state index in [-0.39, 0.29) is 5.02 Å². The van der Waals surface area contributed by atoms with E-state index in [1.165, 1.54) is 6.07 Å². The number of tetrazole rings is 1. The van der Waals surface area contributed by atoms with Gasteiger partial charge in [0.15, 0.2) is 0 Å². The molecule has 1 aromatic heterocycles. The second-order valence-electron chi connectivity index (χ2n) is 2.92. The number of rotatable bonds is 2. The first-order valence-electron chi connectivity index (χ1n) is 4.08. The van der Waals surface area contributed by atoms with Gasteiger partial charge in [-0.25, -0.2) is 9.07 Å². The van der Waals surface area contributed by atoms with Crippen molar-refractivity contribution in [3.63, 3.8) is 0 Å². The molecule has 78 valence electrons. The van der Waals surface area contributed by atoms with Gasteiger partial charge in [-0.15, -0.1) is 0 Å². The summed E-state index contributed by atoms with van der Waals surface area (Å²) in [6, 6.07) is 4.48. The predicted molar refractivity (Wildman–Crippen MR) is 55.7 cm³/mol. The van der Waals surface area contributed by atoms with Crippen LogP contribution in [0, 0.1) is 10.6 Å². The Hall–Kier alpha value is -1.27. The van der Waals surface area contributed by atoms with Crippen LogP contribution in [0.5, 0.6) is 0 Å². The van der Waals surface area contributed by atoms with Crippen molar-refractivity contribution in [1.29, 1.82) is 0 Å². The number of nitrogens with one attached hydrogen (secondary N) is 1. The SMILES string of the molecule is Fc1ccc(Cn2[nH]nnc2=S)cc1Cl. The van der Waals surface area contributed by atoms with E-state index in [0.29, 0.717) is 11.3 Å². The fourth-order valence-corrected chi connectivity index (χ4v) is 1.49. The highest BCUT2D eigenvalue weighted by atomic mass is 35.5. The van der Waals surface area contributed by atoms with Gasteiger partial charge >= 0.3 is 0 Å². The van der Waals surface area contributed by atoms with Crippen molar-refractivity contribution in [1.82, 2.24) is 20.2 Å². The Balaban J connectivity index is 2.29. The number of nitrogens with zero attached hydrogens (tertiary/aromatic N) is 3. The van der Waals surface area contributed by atoms with Crippen molar-refractivity contribution < 1.29 is 4.39 Å². The number of halogens is 2. The molecule has 0 spiro atoms. The normalized spacial score (nSPS) is 10.5. The maximum Gasteiger partial charge on any atom is 0.238 e. The van der Waals surface area contributed by atoms with E-state index in [1.807, 2.05) is 0 Å². The average Bonchev–Trinajstić information content (AvgIpc) is 2.59. The third-order valence-corrected chi connectivity index (χ3v) is 2.45. The molecule has 7 heteroatoms. The predicted octanol–water partition coefficient (Wildman–Crippen LogP) is 2.18. The van der Waals surface area contributed by atoms with Crippen LogP contribution in [0.3, 0.4) is 0 Å². The van der Waals surface area contributed by atoms with E-state index in [4.69, 9.17) is 23.8 Å². The minimum atomic E-state index is -0.438. The summed E-state index contributed by atoms with van der Waals surface area (Å²) >= 11 is 10.5. The molecule has 0 aliphatic rings. The molecule has 4 nitrogen and oxygen atoms in total. The summed E-state index contributed by atoms with van der Waals surface area (Å²) < 4.78 is 14.8. The Morgan fingerprint density at radius 2 is 2.33 bits per heavy atom. The molecule has 0 saturated carbocycles. The lowest BCUT2D eigenvalue weighted by atomic mass is 10.2. The molecule has 0 bridgehead atoms. The Labute approximate surface area is 94.7 Å². The van der Waals surface area contributed by atoms with Crippen LogP contribution in [0.15, 0.2) is 18.2 Å². The van der Waals surface area contributed by atoms with Gasteiger partial charge in [-0.1, -0.05) is 28.0 Å². The van der Waals surface area contributed by atoms with E-state index in [2.05, 4.69) is 15.5 Å². The summed E-state index contributed by atoms with van der Waals surface area (Å²) in [5, 5.41) is 9.84. The molecule has 2 rings (SSSR count). The zero-order valence-corrected chi connectivity index (χ0v) is 9.02. The molecule has 0 aliphatic heterocycles. The summed E-state index contributed by atoms with van der Waals surface area (Å²) in [6.45, 7) is 0.436. The van der Waals surface area contributed by atoms with E-state index >= 15 is 0 Å². The Bertz CT molecular complexity index is 535. The fraction of sp³-hybridized carbons (Fsp3) is 0.125. The number of benzene rings is 1. The highest BCUT2D eigenvalue weighted by Crippen LogP contribution is 2.16. The molecular weight excluding hydrogens is 239 g/mol. The standard InChI is InChI=1S/C8H6ClFN4S/c9-6-3-5(1-2-7(6)10)4-14-8(15)11-12-13-14/h1-3H,4H2,(H,11,13,15). The minimum Gasteiger partial charge on any atom is -0.238 e. The number of aromatic nitrogens is 4. The van der Waals surface area contributed by atoms with Crippen LogP contribution < -0.4 is 0 Å². The maximum atomic E-state index is 12.9. The molecular formula is C8H6ClFN4S. The third kappa shape index (κ3) is 2.21. The lowest BCUT2D eigenvalue weighted by Crippen LogP contribution is -2.02. The van der Waals surface area contributed by atoms with E-state index in [9.17, 15) is 4.39 Å². The van der Waals surface area contributed by atoms with E-state index in [1.54, 1.807) is 16.8 Å². The summed E-state index contributed by atoms with van der Waals surface area (Å²) in [7, 11) is 0. The van der Waals surface area contributed by atoms with Gasteiger partial charge in [-0.05, 0) is 29.9 Å². The Morgan fingerprint density at radius 1 is 1.53 bits per heavy atom. The van der Waals surface area contributed by atoms with Crippen molar-refractivity contribution in [3.05, 3.63) is 39.4 Å². The number of hydrogen-bond acceptors (Lipinski definition) is 3. The monoisotopic (exact) mass is 244 g/mol. The topological polar surface area (TPSA) is 46.5 Å². The Kier molecular flexibility index (Phi) is 2.79. The second-order valence-corrected chi connectivity index (χ2v) is 3.69. The lowest BCUT2D eigenvalue weighted by Gasteiger charge is -2.02. The molecule has 0 saturated heterocycles. The van der Waals surface area contributed by atoms with Crippen molar-refractivity contribution in [3.8, 4) is 0 Å². The largest absolute Gasteiger partial charge is 0.238 e. The van der Waals surface area contributed by atoms with Crippen LogP contribution >= 0.6 is 23.8 Å². The number of aromatic amines is 1. The second kappa shape index (κ2) is 4.08. The molecule has 0 amide bonds. The zero-order chi connectivity index (χ0) is 10.8. The van der Waals surface area contributed by atoms with Gasteiger partial charge in [-0.2, -0.15) is 5.21 Å². The smallest absolute Gasteiger partial charge is 0.238 e. The van der Waals surface area contributed by atoms with Crippen molar-refractivity contribution in [2.45, 2.75) is 6.54 Å². The highest BCUT2D eigenvalue weighted by molar-refractivity contribution is 7.71. The summed E-state index contributed by atoms with van der Waals surface area (Å²) in [5.74, 6) is -0.438. The minimum absolute atomic E-state index is 0.0893. The summed E-state index contributed by atoms with van der Waals surface area (Å²) in [4.78, 5) is 0.